The zero-order valence-electron chi connectivity index (χ0n) is 14.8. The van der Waals surface area contributed by atoms with E-state index < -0.39 is 0 Å². The second-order valence-electron chi connectivity index (χ2n) is 6.32. The summed E-state index contributed by atoms with van der Waals surface area (Å²) in [5, 5.41) is 3.57. The van der Waals surface area contributed by atoms with Crippen molar-refractivity contribution in [2.45, 2.75) is 0 Å². The Balaban J connectivity index is 1.97. The Bertz CT molecular complexity index is 1180. The number of carbonyl (C=O) groups excluding carboxylic acids is 1. The predicted octanol–water partition coefficient (Wildman–Crippen LogP) is 4.46. The van der Waals surface area contributed by atoms with Gasteiger partial charge in [-0.3, -0.25) is 9.59 Å². The molecule has 4 rings (SSSR count). The van der Waals surface area contributed by atoms with E-state index in [9.17, 15) is 9.59 Å². The summed E-state index contributed by atoms with van der Waals surface area (Å²) in [6.45, 7) is 0. The molecule has 4 heteroatoms. The molecule has 4 aromatic rings. The molecular formula is C23H18N2O2. The molecular weight excluding hydrogens is 336 g/mol. The van der Waals surface area contributed by atoms with Crippen LogP contribution in [0.3, 0.4) is 0 Å². The molecule has 0 spiro atoms. The maximum absolute atomic E-state index is 13.3. The largest absolute Gasteiger partial charge is 0.330 e. The minimum absolute atomic E-state index is 0.0988. The van der Waals surface area contributed by atoms with Gasteiger partial charge < -0.3 is 9.88 Å². The number of nitrogens with one attached hydrogen (secondary N) is 1. The molecule has 1 heterocycles. The molecule has 0 aliphatic rings. The van der Waals surface area contributed by atoms with Crippen molar-refractivity contribution in [1.82, 2.24) is 4.57 Å². The fourth-order valence-electron chi connectivity index (χ4n) is 3.28. The van der Waals surface area contributed by atoms with Crippen LogP contribution >= 0.6 is 0 Å². The summed E-state index contributed by atoms with van der Waals surface area (Å²) < 4.78 is 1.86. The van der Waals surface area contributed by atoms with Gasteiger partial charge in [0.1, 0.15) is 5.82 Å². The van der Waals surface area contributed by atoms with Crippen molar-refractivity contribution in [2.24, 2.45) is 7.05 Å². The highest BCUT2D eigenvalue weighted by atomic mass is 16.1. The average Bonchev–Trinajstić information content (AvgIpc) is 2.73. The summed E-state index contributed by atoms with van der Waals surface area (Å²) in [6, 6.07) is 25.8. The first-order valence-corrected chi connectivity index (χ1v) is 8.70. The third-order valence-electron chi connectivity index (χ3n) is 4.64. The highest BCUT2D eigenvalue weighted by molar-refractivity contribution is 6.06. The number of carbonyl (C=O) groups is 1. The van der Waals surface area contributed by atoms with Crippen molar-refractivity contribution in [3.63, 3.8) is 0 Å². The number of amides is 1. The topological polar surface area (TPSA) is 51.1 Å². The van der Waals surface area contributed by atoms with Gasteiger partial charge in [-0.05, 0) is 29.8 Å². The van der Waals surface area contributed by atoms with Crippen LogP contribution in [0.4, 0.5) is 5.82 Å². The van der Waals surface area contributed by atoms with Gasteiger partial charge >= 0.3 is 0 Å². The van der Waals surface area contributed by atoms with Gasteiger partial charge in [0.2, 0.25) is 0 Å². The molecule has 0 aliphatic carbocycles. The molecule has 0 unspecified atom stereocenters. The predicted molar refractivity (Wildman–Crippen MR) is 109 cm³/mol. The number of para-hydroxylation sites is 1. The fourth-order valence-corrected chi connectivity index (χ4v) is 3.28. The van der Waals surface area contributed by atoms with Crippen molar-refractivity contribution >= 4 is 22.6 Å². The number of rotatable bonds is 3. The average molecular weight is 354 g/mol. The molecule has 0 radical (unpaired) electrons. The van der Waals surface area contributed by atoms with Crippen LogP contribution in [0.15, 0.2) is 89.7 Å². The lowest BCUT2D eigenvalue weighted by atomic mass is 10.0. The summed E-state index contributed by atoms with van der Waals surface area (Å²) in [4.78, 5) is 26.0. The second-order valence-corrected chi connectivity index (χ2v) is 6.32. The van der Waals surface area contributed by atoms with E-state index in [-0.39, 0.29) is 11.3 Å². The highest BCUT2D eigenvalue weighted by Crippen LogP contribution is 2.28. The Morgan fingerprint density at radius 3 is 2.11 bits per heavy atom. The van der Waals surface area contributed by atoms with Crippen molar-refractivity contribution in [2.75, 3.05) is 5.32 Å². The van der Waals surface area contributed by atoms with Crippen molar-refractivity contribution < 1.29 is 4.79 Å². The molecule has 0 saturated heterocycles. The molecule has 1 N–H and O–H groups in total. The minimum Gasteiger partial charge on any atom is -0.330 e. The van der Waals surface area contributed by atoms with Crippen molar-refractivity contribution in [3.05, 3.63) is 101 Å². The lowest BCUT2D eigenvalue weighted by molar-refractivity contribution is 0.102. The third kappa shape index (κ3) is 3.02. The number of nitrogens with zero attached hydrogens (tertiary/aromatic N) is 1. The molecule has 0 bridgehead atoms. The molecule has 0 aliphatic heterocycles. The Morgan fingerprint density at radius 1 is 0.815 bits per heavy atom. The van der Waals surface area contributed by atoms with E-state index in [4.69, 9.17) is 0 Å². The summed E-state index contributed by atoms with van der Waals surface area (Å²) in [5.74, 6) is 0.233. The summed E-state index contributed by atoms with van der Waals surface area (Å²) in [7, 11) is 1.86. The highest BCUT2D eigenvalue weighted by Gasteiger charge is 2.19. The van der Waals surface area contributed by atoms with Gasteiger partial charge in [-0.2, -0.15) is 0 Å². The lowest BCUT2D eigenvalue weighted by Gasteiger charge is -2.18. The van der Waals surface area contributed by atoms with Crippen LogP contribution in [-0.4, -0.2) is 10.5 Å². The number of fused-ring (bicyclic) bond motifs is 1. The van der Waals surface area contributed by atoms with Gasteiger partial charge in [0.15, 0.2) is 5.43 Å². The van der Waals surface area contributed by atoms with Crippen LogP contribution in [0.25, 0.3) is 22.0 Å². The van der Waals surface area contributed by atoms with Crippen molar-refractivity contribution in [1.29, 1.82) is 0 Å². The van der Waals surface area contributed by atoms with E-state index in [1.165, 1.54) is 0 Å². The smallest absolute Gasteiger partial charge is 0.256 e. The third-order valence-corrected chi connectivity index (χ3v) is 4.64. The second kappa shape index (κ2) is 6.92. The normalized spacial score (nSPS) is 10.7. The van der Waals surface area contributed by atoms with E-state index in [0.29, 0.717) is 22.3 Å². The quantitative estimate of drug-likeness (QED) is 0.591. The molecule has 0 fully saturated rings. The molecule has 132 valence electrons. The Morgan fingerprint density at radius 2 is 1.41 bits per heavy atom. The van der Waals surface area contributed by atoms with Crippen LogP contribution in [-0.2, 0) is 7.05 Å². The summed E-state index contributed by atoms with van der Waals surface area (Å²) in [5.41, 5.74) is 2.47. The number of aromatic nitrogens is 1. The van der Waals surface area contributed by atoms with Gasteiger partial charge in [0.25, 0.3) is 5.91 Å². The molecule has 27 heavy (non-hydrogen) atoms. The molecule has 0 atom stereocenters. The van der Waals surface area contributed by atoms with E-state index >= 15 is 0 Å². The van der Waals surface area contributed by atoms with Gasteiger partial charge in [-0.25, -0.2) is 0 Å². The molecule has 0 saturated carbocycles. The number of pyridine rings is 1. The van der Waals surface area contributed by atoms with Gasteiger partial charge in [0.05, 0.1) is 11.1 Å². The van der Waals surface area contributed by atoms with Gasteiger partial charge in [-0.15, -0.1) is 0 Å². The van der Waals surface area contributed by atoms with Gasteiger partial charge in [-0.1, -0.05) is 60.7 Å². The summed E-state index contributed by atoms with van der Waals surface area (Å²) >= 11 is 0. The van der Waals surface area contributed by atoms with Gasteiger partial charge in [0, 0.05) is 18.0 Å². The van der Waals surface area contributed by atoms with Crippen molar-refractivity contribution in [3.8, 4) is 11.1 Å². The number of hydrogen-bond acceptors (Lipinski definition) is 2. The fraction of sp³-hybridized carbons (Fsp3) is 0.0435. The number of aryl methyl sites for hydroxylation is 1. The monoisotopic (exact) mass is 354 g/mol. The van der Waals surface area contributed by atoms with Crippen LogP contribution < -0.4 is 10.7 Å². The maximum Gasteiger partial charge on any atom is 0.256 e. The first-order valence-electron chi connectivity index (χ1n) is 8.70. The zero-order chi connectivity index (χ0) is 18.8. The van der Waals surface area contributed by atoms with Crippen LogP contribution in [0.5, 0.6) is 0 Å². The van der Waals surface area contributed by atoms with Crippen LogP contribution in [0.2, 0.25) is 0 Å². The minimum atomic E-state index is -0.252. The van der Waals surface area contributed by atoms with E-state index in [2.05, 4.69) is 5.32 Å². The molecule has 3 aromatic carbocycles. The number of benzene rings is 3. The Hall–Kier alpha value is -3.66. The Labute approximate surface area is 156 Å². The first-order chi connectivity index (χ1) is 13.2. The van der Waals surface area contributed by atoms with E-state index in [1.807, 2.05) is 84.4 Å². The van der Waals surface area contributed by atoms with Crippen LogP contribution in [0.1, 0.15) is 10.4 Å². The maximum atomic E-state index is 13.3. The number of anilines is 1. The molecule has 4 nitrogen and oxygen atoms in total. The zero-order valence-corrected chi connectivity index (χ0v) is 14.8. The standard InChI is InChI=1S/C23H18N2O2/c1-25-19-15-9-8-14-18(19)21(26)20(16-10-4-2-5-11-16)22(25)24-23(27)17-12-6-3-7-13-17/h2-15H,1H3,(H,24,27). The van der Waals surface area contributed by atoms with Crippen LogP contribution in [0, 0.1) is 0 Å². The SMILES string of the molecule is Cn1c(NC(=O)c2ccccc2)c(-c2ccccc2)c(=O)c2ccccc21. The first kappa shape index (κ1) is 16.8. The van der Waals surface area contributed by atoms with E-state index in [0.717, 1.165) is 11.1 Å². The molecule has 1 amide bonds. The lowest BCUT2D eigenvalue weighted by Crippen LogP contribution is -2.21. The summed E-state index contributed by atoms with van der Waals surface area (Å²) in [6.07, 6.45) is 0. The Kier molecular flexibility index (Phi) is 4.30. The number of hydrogen-bond donors (Lipinski definition) is 1. The molecule has 1 aromatic heterocycles. The van der Waals surface area contributed by atoms with E-state index in [1.54, 1.807) is 12.1 Å².